The molecule has 1 aliphatic carbocycles. The molecule has 0 saturated carbocycles. The van der Waals surface area contributed by atoms with E-state index >= 15 is 0 Å². The molecule has 7 rings (SSSR count). The summed E-state index contributed by atoms with van der Waals surface area (Å²) in [4.78, 5) is 27.7. The minimum absolute atomic E-state index is 0.118. The van der Waals surface area contributed by atoms with E-state index in [0.717, 1.165) is 11.1 Å². The molecule has 0 atom stereocenters. The lowest BCUT2D eigenvalue weighted by atomic mass is 9.81. The van der Waals surface area contributed by atoms with Gasteiger partial charge in [0.05, 0.1) is 22.3 Å². The molecule has 0 radical (unpaired) electrons. The summed E-state index contributed by atoms with van der Waals surface area (Å²) in [5.41, 5.74) is 8.11. The average molecular weight is 507 g/mol. The van der Waals surface area contributed by atoms with Gasteiger partial charge in [-0.05, 0) is 75.8 Å². The van der Waals surface area contributed by atoms with Crippen molar-refractivity contribution in [2.24, 2.45) is 0 Å². The lowest BCUT2D eigenvalue weighted by Crippen LogP contribution is -2.38. The zero-order valence-corrected chi connectivity index (χ0v) is 21.8. The van der Waals surface area contributed by atoms with Crippen molar-refractivity contribution in [2.45, 2.75) is 19.3 Å². The van der Waals surface area contributed by atoms with Crippen molar-refractivity contribution in [1.29, 1.82) is 0 Å². The molecule has 0 spiro atoms. The number of nitrogens with zero attached hydrogens (tertiary/aromatic N) is 2. The molecule has 0 N–H and O–H groups in total. The Morgan fingerprint density at radius 3 is 1.82 bits per heavy atom. The maximum absolute atomic E-state index is 13.9. The minimum Gasteiger partial charge on any atom is -0.268 e. The van der Waals surface area contributed by atoms with Crippen molar-refractivity contribution < 1.29 is 0 Å². The fourth-order valence-electron chi connectivity index (χ4n) is 6.01. The van der Waals surface area contributed by atoms with Gasteiger partial charge in [-0.2, -0.15) is 0 Å². The molecule has 0 amide bonds. The monoisotopic (exact) mass is 506 g/mol. The number of hydrogen-bond acceptors (Lipinski definition) is 2. The van der Waals surface area contributed by atoms with Gasteiger partial charge < -0.3 is 0 Å². The van der Waals surface area contributed by atoms with E-state index in [4.69, 9.17) is 0 Å². The third-order valence-electron chi connectivity index (χ3n) is 8.00. The predicted molar refractivity (Wildman–Crippen MR) is 158 cm³/mol. The zero-order valence-electron chi connectivity index (χ0n) is 21.8. The highest BCUT2D eigenvalue weighted by Gasteiger charge is 2.35. The third kappa shape index (κ3) is 3.45. The molecule has 0 aliphatic heterocycles. The van der Waals surface area contributed by atoms with Gasteiger partial charge in [0.2, 0.25) is 0 Å². The average Bonchev–Trinajstić information content (AvgIpc) is 3.20. The van der Waals surface area contributed by atoms with Crippen LogP contribution < -0.4 is 11.2 Å². The molecule has 1 heterocycles. The first-order valence-electron chi connectivity index (χ1n) is 13.1. The molecular formula is C35H26N2O2. The molecule has 39 heavy (non-hydrogen) atoms. The van der Waals surface area contributed by atoms with Gasteiger partial charge in [0.25, 0.3) is 5.56 Å². The Morgan fingerprint density at radius 2 is 1.10 bits per heavy atom. The first-order valence-corrected chi connectivity index (χ1v) is 13.1. The summed E-state index contributed by atoms with van der Waals surface area (Å²) in [5, 5.41) is 0.489. The Bertz CT molecular complexity index is 2020. The summed E-state index contributed by atoms with van der Waals surface area (Å²) < 4.78 is 2.89. The largest absolute Gasteiger partial charge is 0.340 e. The van der Waals surface area contributed by atoms with E-state index < -0.39 is 5.69 Å². The summed E-state index contributed by atoms with van der Waals surface area (Å²) >= 11 is 0. The predicted octanol–water partition coefficient (Wildman–Crippen LogP) is 7.11. The highest BCUT2D eigenvalue weighted by Crippen LogP contribution is 2.49. The molecule has 188 valence electrons. The van der Waals surface area contributed by atoms with Gasteiger partial charge in [-0.25, -0.2) is 9.36 Å². The fraction of sp³-hybridized carbons (Fsp3) is 0.0857. The molecule has 4 nitrogen and oxygen atoms in total. The second-order valence-electron chi connectivity index (χ2n) is 10.6. The summed E-state index contributed by atoms with van der Waals surface area (Å²) in [6.07, 6.45) is 0. The molecular weight excluding hydrogens is 480 g/mol. The normalized spacial score (nSPS) is 13.3. The van der Waals surface area contributed by atoms with Crippen molar-refractivity contribution >= 4 is 10.9 Å². The van der Waals surface area contributed by atoms with Crippen molar-refractivity contribution in [3.05, 3.63) is 153 Å². The lowest BCUT2D eigenvalue weighted by molar-refractivity contribution is 0.660. The minimum atomic E-state index is -0.394. The van der Waals surface area contributed by atoms with Crippen LogP contribution in [0.15, 0.2) is 131 Å². The molecule has 4 heteroatoms. The smallest absolute Gasteiger partial charge is 0.268 e. The zero-order chi connectivity index (χ0) is 26.7. The Balaban J connectivity index is 1.48. The van der Waals surface area contributed by atoms with Crippen LogP contribution in [-0.2, 0) is 5.41 Å². The highest BCUT2D eigenvalue weighted by molar-refractivity contribution is 5.88. The van der Waals surface area contributed by atoms with Crippen molar-refractivity contribution in [3.63, 3.8) is 0 Å². The van der Waals surface area contributed by atoms with Gasteiger partial charge >= 0.3 is 5.69 Å². The van der Waals surface area contributed by atoms with Crippen molar-refractivity contribution in [3.8, 4) is 33.6 Å². The molecule has 1 aliphatic rings. The van der Waals surface area contributed by atoms with Gasteiger partial charge in [0, 0.05) is 5.41 Å². The van der Waals surface area contributed by atoms with Gasteiger partial charge in [0.1, 0.15) is 0 Å². The van der Waals surface area contributed by atoms with Crippen LogP contribution in [0.1, 0.15) is 25.0 Å². The van der Waals surface area contributed by atoms with Gasteiger partial charge in [-0.3, -0.25) is 9.36 Å². The maximum atomic E-state index is 13.9. The summed E-state index contributed by atoms with van der Waals surface area (Å²) in [6, 6.07) is 39.5. The van der Waals surface area contributed by atoms with Gasteiger partial charge in [-0.1, -0.05) is 92.7 Å². The van der Waals surface area contributed by atoms with E-state index in [1.807, 2.05) is 66.7 Å². The molecule has 0 saturated heterocycles. The summed E-state index contributed by atoms with van der Waals surface area (Å²) in [5.74, 6) is 0. The van der Waals surface area contributed by atoms with Crippen LogP contribution in [0.5, 0.6) is 0 Å². The second kappa shape index (κ2) is 8.53. The SMILES string of the molecule is CC1(C)c2ccccc2-c2ccc(-c3ccc4c(c3)c(=O)n(-c3ccccc3)c(=O)n4-c3ccccc3)cc21. The quantitative estimate of drug-likeness (QED) is 0.257. The van der Waals surface area contributed by atoms with E-state index in [-0.39, 0.29) is 11.0 Å². The maximum Gasteiger partial charge on any atom is 0.340 e. The third-order valence-corrected chi connectivity index (χ3v) is 8.00. The molecule has 0 unspecified atom stereocenters. The highest BCUT2D eigenvalue weighted by atomic mass is 16.2. The van der Waals surface area contributed by atoms with Gasteiger partial charge in [-0.15, -0.1) is 0 Å². The lowest BCUT2D eigenvalue weighted by Gasteiger charge is -2.22. The number of hydrogen-bond donors (Lipinski definition) is 0. The molecule has 0 bridgehead atoms. The number of aromatic nitrogens is 2. The van der Waals surface area contributed by atoms with Crippen LogP contribution in [-0.4, -0.2) is 9.13 Å². The standard InChI is InChI=1S/C35H26N2O2/c1-35(2)30-16-10-9-15-27(30)28-19-17-24(22-31(28)35)23-18-20-32-29(21-23)33(38)37(26-13-7-4-8-14-26)34(39)36(32)25-11-5-3-6-12-25/h3-22H,1-2H3. The van der Waals surface area contributed by atoms with E-state index in [0.29, 0.717) is 22.3 Å². The Kier molecular flexibility index (Phi) is 5.07. The van der Waals surface area contributed by atoms with E-state index in [2.05, 4.69) is 56.3 Å². The number of fused-ring (bicyclic) bond motifs is 4. The fourth-order valence-corrected chi connectivity index (χ4v) is 6.01. The first-order chi connectivity index (χ1) is 18.9. The molecule has 5 aromatic carbocycles. The Labute approximate surface area is 226 Å². The molecule has 6 aromatic rings. The van der Waals surface area contributed by atoms with Crippen molar-refractivity contribution in [1.82, 2.24) is 9.13 Å². The van der Waals surface area contributed by atoms with Crippen LogP contribution in [0, 0.1) is 0 Å². The summed E-state index contributed by atoms with van der Waals surface area (Å²) in [6.45, 7) is 4.53. The Hall–Kier alpha value is -4.96. The van der Waals surface area contributed by atoms with Crippen LogP contribution in [0.2, 0.25) is 0 Å². The van der Waals surface area contributed by atoms with Crippen molar-refractivity contribution in [2.75, 3.05) is 0 Å². The first kappa shape index (κ1) is 23.2. The van der Waals surface area contributed by atoms with Crippen LogP contribution in [0.25, 0.3) is 44.5 Å². The number of rotatable bonds is 3. The van der Waals surface area contributed by atoms with Crippen LogP contribution in [0.3, 0.4) is 0 Å². The number of para-hydroxylation sites is 2. The van der Waals surface area contributed by atoms with E-state index in [1.54, 1.807) is 16.7 Å². The van der Waals surface area contributed by atoms with Crippen LogP contribution in [0.4, 0.5) is 0 Å². The van der Waals surface area contributed by atoms with E-state index in [1.165, 1.54) is 26.8 Å². The second-order valence-corrected chi connectivity index (χ2v) is 10.6. The molecule has 0 fully saturated rings. The van der Waals surface area contributed by atoms with Crippen LogP contribution >= 0.6 is 0 Å². The number of benzene rings is 5. The van der Waals surface area contributed by atoms with Gasteiger partial charge in [0.15, 0.2) is 0 Å². The Morgan fingerprint density at radius 1 is 0.538 bits per heavy atom. The van der Waals surface area contributed by atoms with E-state index in [9.17, 15) is 9.59 Å². The summed E-state index contributed by atoms with van der Waals surface area (Å²) in [7, 11) is 0. The topological polar surface area (TPSA) is 44.0 Å². The molecule has 1 aromatic heterocycles.